The molecule has 0 saturated heterocycles. The number of pyridine rings is 1. The molecule has 0 bridgehead atoms. The maximum absolute atomic E-state index is 6.01. The Morgan fingerprint density at radius 3 is 2.67 bits per heavy atom. The van der Waals surface area contributed by atoms with Crippen LogP contribution in [0.25, 0.3) is 0 Å². The first-order chi connectivity index (χ1) is 8.58. The molecular formula is C13H13Cl2N3. The van der Waals surface area contributed by atoms with E-state index in [2.05, 4.69) is 4.98 Å². The molecule has 0 fully saturated rings. The van der Waals surface area contributed by atoms with E-state index in [-0.39, 0.29) is 0 Å². The van der Waals surface area contributed by atoms with Crippen LogP contribution in [0.5, 0.6) is 0 Å². The van der Waals surface area contributed by atoms with E-state index in [9.17, 15) is 0 Å². The van der Waals surface area contributed by atoms with Crippen LogP contribution < -0.4 is 10.6 Å². The van der Waals surface area contributed by atoms with Gasteiger partial charge in [0.1, 0.15) is 0 Å². The molecule has 18 heavy (non-hydrogen) atoms. The number of anilines is 2. The first-order valence-electron chi connectivity index (χ1n) is 5.42. The van der Waals surface area contributed by atoms with Gasteiger partial charge in [0.15, 0.2) is 0 Å². The van der Waals surface area contributed by atoms with Crippen molar-refractivity contribution in [3.63, 3.8) is 0 Å². The second-order valence-electron chi connectivity index (χ2n) is 4.04. The minimum atomic E-state index is 0.465. The zero-order valence-corrected chi connectivity index (χ0v) is 11.4. The summed E-state index contributed by atoms with van der Waals surface area (Å²) in [7, 11) is 1.95. The van der Waals surface area contributed by atoms with Crippen molar-refractivity contribution in [1.82, 2.24) is 4.98 Å². The molecule has 0 amide bonds. The van der Waals surface area contributed by atoms with Gasteiger partial charge in [0.2, 0.25) is 0 Å². The second kappa shape index (κ2) is 5.46. The normalized spacial score (nSPS) is 10.4. The average molecular weight is 282 g/mol. The van der Waals surface area contributed by atoms with E-state index in [1.165, 1.54) is 0 Å². The molecule has 1 heterocycles. The first-order valence-corrected chi connectivity index (χ1v) is 6.18. The van der Waals surface area contributed by atoms with Crippen molar-refractivity contribution in [1.29, 1.82) is 0 Å². The van der Waals surface area contributed by atoms with Gasteiger partial charge in [-0.3, -0.25) is 4.98 Å². The van der Waals surface area contributed by atoms with Crippen molar-refractivity contribution in [2.45, 2.75) is 6.54 Å². The monoisotopic (exact) mass is 281 g/mol. The topological polar surface area (TPSA) is 42.2 Å². The Balaban J connectivity index is 2.24. The maximum Gasteiger partial charge on any atom is 0.0616 e. The summed E-state index contributed by atoms with van der Waals surface area (Å²) in [6.45, 7) is 0.704. The smallest absolute Gasteiger partial charge is 0.0616 e. The van der Waals surface area contributed by atoms with Crippen molar-refractivity contribution in [3.05, 3.63) is 52.3 Å². The summed E-state index contributed by atoms with van der Waals surface area (Å²) in [6.07, 6.45) is 3.57. The fourth-order valence-electron chi connectivity index (χ4n) is 1.73. The molecule has 94 valence electrons. The summed E-state index contributed by atoms with van der Waals surface area (Å²) >= 11 is 11.9. The molecule has 0 atom stereocenters. The maximum atomic E-state index is 6.01. The third-order valence-electron chi connectivity index (χ3n) is 2.62. The third kappa shape index (κ3) is 2.86. The highest BCUT2D eigenvalue weighted by Gasteiger charge is 2.09. The number of benzene rings is 1. The second-order valence-corrected chi connectivity index (χ2v) is 4.86. The Morgan fingerprint density at radius 1 is 1.28 bits per heavy atom. The Hall–Kier alpha value is -1.45. The van der Waals surface area contributed by atoms with Crippen LogP contribution in [0.15, 0.2) is 36.7 Å². The highest BCUT2D eigenvalue weighted by Crippen LogP contribution is 2.33. The van der Waals surface area contributed by atoms with Gasteiger partial charge in [0, 0.05) is 26.0 Å². The Morgan fingerprint density at radius 2 is 2.00 bits per heavy atom. The lowest BCUT2D eigenvalue weighted by Crippen LogP contribution is -2.17. The molecule has 2 aromatic rings. The van der Waals surface area contributed by atoms with E-state index in [0.717, 1.165) is 11.3 Å². The average Bonchev–Trinajstić information content (AvgIpc) is 2.35. The molecule has 0 spiro atoms. The summed E-state index contributed by atoms with van der Waals surface area (Å²) < 4.78 is 0. The van der Waals surface area contributed by atoms with E-state index >= 15 is 0 Å². The van der Waals surface area contributed by atoms with E-state index < -0.39 is 0 Å². The van der Waals surface area contributed by atoms with Gasteiger partial charge in [-0.05, 0) is 23.8 Å². The number of nitrogen functional groups attached to an aromatic ring is 1. The van der Waals surface area contributed by atoms with Gasteiger partial charge >= 0.3 is 0 Å². The Labute approximate surface area is 116 Å². The number of nitrogens with zero attached hydrogens (tertiary/aromatic N) is 2. The van der Waals surface area contributed by atoms with Gasteiger partial charge in [-0.1, -0.05) is 29.3 Å². The predicted molar refractivity (Wildman–Crippen MR) is 77.2 cm³/mol. The van der Waals surface area contributed by atoms with Crippen molar-refractivity contribution >= 4 is 34.6 Å². The number of rotatable bonds is 3. The summed E-state index contributed by atoms with van der Waals surface area (Å²) in [6, 6.07) is 7.35. The molecule has 0 unspecified atom stereocenters. The zero-order valence-electron chi connectivity index (χ0n) is 9.90. The van der Waals surface area contributed by atoms with Crippen LogP contribution in [0, 0.1) is 0 Å². The molecule has 0 saturated carbocycles. The standard InChI is InChI=1S/C13H13Cl2N3/c1-18(8-9-3-2-4-17-7-9)13-6-11(15)10(14)5-12(13)16/h2-7H,8,16H2,1H3. The largest absolute Gasteiger partial charge is 0.397 e. The van der Waals surface area contributed by atoms with Gasteiger partial charge in [-0.2, -0.15) is 0 Å². The molecule has 2 N–H and O–H groups in total. The van der Waals surface area contributed by atoms with Gasteiger partial charge in [-0.15, -0.1) is 0 Å². The number of hydrogen-bond acceptors (Lipinski definition) is 3. The Bertz CT molecular complexity index is 543. The van der Waals surface area contributed by atoms with Crippen molar-refractivity contribution in [2.75, 3.05) is 17.7 Å². The third-order valence-corrected chi connectivity index (χ3v) is 3.35. The lowest BCUT2D eigenvalue weighted by Gasteiger charge is -2.21. The minimum Gasteiger partial charge on any atom is -0.397 e. The molecule has 0 aliphatic rings. The number of nitrogens with two attached hydrogens (primary N) is 1. The molecule has 0 radical (unpaired) electrons. The molecule has 1 aromatic heterocycles. The van der Waals surface area contributed by atoms with Crippen LogP contribution >= 0.6 is 23.2 Å². The lowest BCUT2D eigenvalue weighted by atomic mass is 10.2. The van der Waals surface area contributed by atoms with E-state index in [0.29, 0.717) is 22.3 Å². The first kappa shape index (κ1) is 13.0. The quantitative estimate of drug-likeness (QED) is 0.874. The van der Waals surface area contributed by atoms with Gasteiger partial charge in [-0.25, -0.2) is 0 Å². The summed E-state index contributed by atoms with van der Waals surface area (Å²) in [5, 5.41) is 0.964. The van der Waals surface area contributed by atoms with Crippen molar-refractivity contribution in [2.24, 2.45) is 0 Å². The summed E-state index contributed by atoms with van der Waals surface area (Å²) in [4.78, 5) is 6.09. The molecule has 3 nitrogen and oxygen atoms in total. The summed E-state index contributed by atoms with van der Waals surface area (Å²) in [5.41, 5.74) is 8.51. The van der Waals surface area contributed by atoms with Crippen LogP contribution in [0.4, 0.5) is 11.4 Å². The van der Waals surface area contributed by atoms with E-state index in [1.807, 2.05) is 30.3 Å². The van der Waals surface area contributed by atoms with Crippen LogP contribution in [-0.4, -0.2) is 12.0 Å². The van der Waals surface area contributed by atoms with Crippen LogP contribution in [0.3, 0.4) is 0 Å². The van der Waals surface area contributed by atoms with Crippen LogP contribution in [0.2, 0.25) is 10.0 Å². The minimum absolute atomic E-state index is 0.465. The Kier molecular flexibility index (Phi) is 3.94. The predicted octanol–water partition coefficient (Wildman–Crippen LogP) is 3.61. The highest BCUT2D eigenvalue weighted by atomic mass is 35.5. The van der Waals surface area contributed by atoms with E-state index in [4.69, 9.17) is 28.9 Å². The molecule has 2 rings (SSSR count). The lowest BCUT2D eigenvalue weighted by molar-refractivity contribution is 0.917. The van der Waals surface area contributed by atoms with Gasteiger partial charge < -0.3 is 10.6 Å². The summed E-state index contributed by atoms with van der Waals surface area (Å²) in [5.74, 6) is 0. The molecule has 0 aliphatic carbocycles. The highest BCUT2D eigenvalue weighted by molar-refractivity contribution is 6.42. The van der Waals surface area contributed by atoms with Crippen molar-refractivity contribution < 1.29 is 0 Å². The molecule has 0 aliphatic heterocycles. The van der Waals surface area contributed by atoms with Gasteiger partial charge in [0.05, 0.1) is 21.4 Å². The molecule has 5 heteroatoms. The zero-order chi connectivity index (χ0) is 13.1. The fourth-order valence-corrected chi connectivity index (χ4v) is 2.06. The SMILES string of the molecule is CN(Cc1cccnc1)c1cc(Cl)c(Cl)cc1N. The van der Waals surface area contributed by atoms with Gasteiger partial charge in [0.25, 0.3) is 0 Å². The molecule has 1 aromatic carbocycles. The van der Waals surface area contributed by atoms with Crippen molar-refractivity contribution in [3.8, 4) is 0 Å². The number of aromatic nitrogens is 1. The molecular weight excluding hydrogens is 269 g/mol. The number of halogens is 2. The van der Waals surface area contributed by atoms with Crippen LogP contribution in [0.1, 0.15) is 5.56 Å². The number of hydrogen-bond donors (Lipinski definition) is 1. The van der Waals surface area contributed by atoms with E-state index in [1.54, 1.807) is 18.3 Å². The van der Waals surface area contributed by atoms with Crippen LogP contribution in [-0.2, 0) is 6.54 Å². The fraction of sp³-hybridized carbons (Fsp3) is 0.154.